The van der Waals surface area contributed by atoms with E-state index in [4.69, 9.17) is 6.57 Å². The highest BCUT2D eigenvalue weighted by Gasteiger charge is 1.97. The van der Waals surface area contributed by atoms with Crippen molar-refractivity contribution in [2.24, 2.45) is 0 Å². The molecule has 2 heteroatoms. The lowest BCUT2D eigenvalue weighted by Gasteiger charge is -1.95. The van der Waals surface area contributed by atoms with E-state index < -0.39 is 0 Å². The molecule has 0 spiro atoms. The van der Waals surface area contributed by atoms with Crippen molar-refractivity contribution in [3.05, 3.63) is 47.4 Å². The minimum atomic E-state index is 0.579. The summed E-state index contributed by atoms with van der Waals surface area (Å²) in [5, 5.41) is 1.22. The maximum absolute atomic E-state index is 6.70. The standard InChI is InChI=1S/C11H10N2/c1-12-6-4-9-2-3-11-10(8-9)5-7-13-11/h2-3,5,7-8,13H,4,6H2. The van der Waals surface area contributed by atoms with E-state index in [0.717, 1.165) is 11.9 Å². The summed E-state index contributed by atoms with van der Waals surface area (Å²) in [6, 6.07) is 8.33. The normalized spacial score (nSPS) is 10.1. The number of H-pyrrole nitrogens is 1. The average molecular weight is 170 g/mol. The van der Waals surface area contributed by atoms with Gasteiger partial charge in [0.25, 0.3) is 0 Å². The van der Waals surface area contributed by atoms with Gasteiger partial charge in [-0.3, -0.25) is 0 Å². The second-order valence-corrected chi connectivity index (χ2v) is 3.03. The van der Waals surface area contributed by atoms with Gasteiger partial charge in [-0.2, -0.15) is 0 Å². The second kappa shape index (κ2) is 3.32. The maximum atomic E-state index is 6.70. The molecule has 0 fully saturated rings. The lowest BCUT2D eigenvalue weighted by Crippen LogP contribution is -1.86. The largest absolute Gasteiger partial charge is 0.361 e. The van der Waals surface area contributed by atoms with Crippen LogP contribution in [-0.4, -0.2) is 11.5 Å². The topological polar surface area (TPSA) is 20.1 Å². The molecule has 2 rings (SSSR count). The Balaban J connectivity index is 2.33. The fourth-order valence-corrected chi connectivity index (χ4v) is 1.44. The van der Waals surface area contributed by atoms with Crippen LogP contribution in [0.2, 0.25) is 0 Å². The lowest BCUT2D eigenvalue weighted by atomic mass is 10.1. The zero-order valence-electron chi connectivity index (χ0n) is 7.25. The maximum Gasteiger partial charge on any atom is 0.218 e. The monoisotopic (exact) mass is 170 g/mol. The zero-order chi connectivity index (χ0) is 9.10. The summed E-state index contributed by atoms with van der Waals surface area (Å²) in [6.45, 7) is 7.28. The van der Waals surface area contributed by atoms with Gasteiger partial charge in [-0.05, 0) is 29.1 Å². The van der Waals surface area contributed by atoms with E-state index >= 15 is 0 Å². The van der Waals surface area contributed by atoms with E-state index in [9.17, 15) is 0 Å². The first-order valence-electron chi connectivity index (χ1n) is 4.29. The Bertz CT molecular complexity index is 448. The summed E-state index contributed by atoms with van der Waals surface area (Å²) in [5.41, 5.74) is 2.40. The van der Waals surface area contributed by atoms with Crippen molar-refractivity contribution >= 4 is 10.9 Å². The summed E-state index contributed by atoms with van der Waals surface area (Å²) in [4.78, 5) is 6.48. The molecule has 2 nitrogen and oxygen atoms in total. The number of hydrogen-bond acceptors (Lipinski definition) is 0. The van der Waals surface area contributed by atoms with Crippen LogP contribution < -0.4 is 0 Å². The van der Waals surface area contributed by atoms with Gasteiger partial charge in [0.05, 0.1) is 0 Å². The molecule has 0 unspecified atom stereocenters. The SMILES string of the molecule is [C-]#[N+]CCc1ccc2[nH]ccc2c1. The molecule has 0 aliphatic carbocycles. The second-order valence-electron chi connectivity index (χ2n) is 3.03. The van der Waals surface area contributed by atoms with Crippen molar-refractivity contribution in [1.82, 2.24) is 4.98 Å². The van der Waals surface area contributed by atoms with E-state index in [-0.39, 0.29) is 0 Å². The molecule has 0 saturated carbocycles. The Morgan fingerprint density at radius 3 is 3.08 bits per heavy atom. The molecule has 1 aromatic carbocycles. The van der Waals surface area contributed by atoms with Crippen LogP contribution >= 0.6 is 0 Å². The van der Waals surface area contributed by atoms with Crippen LogP contribution in [0.3, 0.4) is 0 Å². The molecule has 0 aliphatic rings. The molecule has 13 heavy (non-hydrogen) atoms. The fraction of sp³-hybridized carbons (Fsp3) is 0.182. The fourth-order valence-electron chi connectivity index (χ4n) is 1.44. The summed E-state index contributed by atoms with van der Waals surface area (Å²) >= 11 is 0. The van der Waals surface area contributed by atoms with E-state index in [1.54, 1.807) is 0 Å². The van der Waals surface area contributed by atoms with Crippen LogP contribution in [0.15, 0.2) is 30.5 Å². The number of nitrogens with one attached hydrogen (secondary N) is 1. The number of aromatic nitrogens is 1. The van der Waals surface area contributed by atoms with Crippen LogP contribution in [0.4, 0.5) is 0 Å². The Labute approximate surface area is 77.0 Å². The van der Waals surface area contributed by atoms with Crippen molar-refractivity contribution < 1.29 is 0 Å². The van der Waals surface area contributed by atoms with Crippen LogP contribution in [0.25, 0.3) is 15.7 Å². The van der Waals surface area contributed by atoms with E-state index in [0.29, 0.717) is 6.54 Å². The van der Waals surface area contributed by atoms with E-state index in [2.05, 4.69) is 34.1 Å². The van der Waals surface area contributed by atoms with Crippen molar-refractivity contribution in [3.63, 3.8) is 0 Å². The van der Waals surface area contributed by atoms with Gasteiger partial charge in [0.2, 0.25) is 6.54 Å². The van der Waals surface area contributed by atoms with Crippen molar-refractivity contribution in [3.8, 4) is 0 Å². The highest BCUT2D eigenvalue weighted by molar-refractivity contribution is 5.79. The van der Waals surface area contributed by atoms with Gasteiger partial charge in [-0.15, -0.1) is 0 Å². The van der Waals surface area contributed by atoms with Crippen LogP contribution in [0, 0.1) is 6.57 Å². The molecule has 0 radical (unpaired) electrons. The molecule has 1 N–H and O–H groups in total. The van der Waals surface area contributed by atoms with Gasteiger partial charge >= 0.3 is 0 Å². The molecule has 1 heterocycles. The Hall–Kier alpha value is -1.75. The molecule has 0 amide bonds. The Morgan fingerprint density at radius 1 is 1.31 bits per heavy atom. The number of rotatable bonds is 2. The average Bonchev–Trinajstić information content (AvgIpc) is 2.61. The quantitative estimate of drug-likeness (QED) is 0.669. The van der Waals surface area contributed by atoms with Gasteiger partial charge in [-0.25, -0.2) is 6.57 Å². The van der Waals surface area contributed by atoms with Gasteiger partial charge < -0.3 is 9.83 Å². The van der Waals surface area contributed by atoms with Gasteiger partial charge in [0, 0.05) is 18.1 Å². The molecular formula is C11H10N2. The Kier molecular flexibility index (Phi) is 2.01. The number of aromatic amines is 1. The van der Waals surface area contributed by atoms with E-state index in [1.807, 2.05) is 6.20 Å². The highest BCUT2D eigenvalue weighted by Crippen LogP contribution is 2.14. The number of benzene rings is 1. The van der Waals surface area contributed by atoms with E-state index in [1.165, 1.54) is 10.9 Å². The van der Waals surface area contributed by atoms with Crippen LogP contribution in [0.5, 0.6) is 0 Å². The molecule has 0 aliphatic heterocycles. The van der Waals surface area contributed by atoms with Crippen LogP contribution in [-0.2, 0) is 6.42 Å². The third-order valence-electron chi connectivity index (χ3n) is 2.13. The first-order chi connectivity index (χ1) is 6.40. The summed E-state index contributed by atoms with van der Waals surface area (Å²) in [5.74, 6) is 0. The zero-order valence-corrected chi connectivity index (χ0v) is 7.25. The minimum absolute atomic E-state index is 0.579. The predicted octanol–water partition coefficient (Wildman–Crippen LogP) is 2.63. The summed E-state index contributed by atoms with van der Waals surface area (Å²) < 4.78 is 0. The van der Waals surface area contributed by atoms with Crippen molar-refractivity contribution in [2.75, 3.05) is 6.54 Å². The molecule has 2 aromatic rings. The van der Waals surface area contributed by atoms with Gasteiger partial charge in [-0.1, -0.05) is 6.07 Å². The van der Waals surface area contributed by atoms with Gasteiger partial charge in [0.1, 0.15) is 0 Å². The molecular weight excluding hydrogens is 160 g/mol. The summed E-state index contributed by atoms with van der Waals surface area (Å²) in [7, 11) is 0. The predicted molar refractivity (Wildman–Crippen MR) is 53.5 cm³/mol. The Morgan fingerprint density at radius 2 is 2.23 bits per heavy atom. The third kappa shape index (κ3) is 1.54. The number of nitrogens with zero attached hydrogens (tertiary/aromatic N) is 1. The number of fused-ring (bicyclic) bond motifs is 1. The third-order valence-corrected chi connectivity index (χ3v) is 2.13. The first-order valence-corrected chi connectivity index (χ1v) is 4.29. The smallest absolute Gasteiger partial charge is 0.218 e. The molecule has 0 saturated heterocycles. The molecule has 1 aromatic heterocycles. The molecule has 64 valence electrons. The lowest BCUT2D eigenvalue weighted by molar-refractivity contribution is 1.08. The minimum Gasteiger partial charge on any atom is -0.361 e. The molecule has 0 atom stereocenters. The molecule has 0 bridgehead atoms. The number of hydrogen-bond donors (Lipinski definition) is 1. The van der Waals surface area contributed by atoms with Gasteiger partial charge in [0.15, 0.2) is 0 Å². The summed E-state index contributed by atoms with van der Waals surface area (Å²) in [6.07, 6.45) is 2.79. The van der Waals surface area contributed by atoms with Crippen molar-refractivity contribution in [1.29, 1.82) is 0 Å². The van der Waals surface area contributed by atoms with Crippen molar-refractivity contribution in [2.45, 2.75) is 6.42 Å². The van der Waals surface area contributed by atoms with Crippen LogP contribution in [0.1, 0.15) is 5.56 Å². The highest BCUT2D eigenvalue weighted by atomic mass is 14.7. The first kappa shape index (κ1) is 7.88.